The number of aromatic amines is 1. The molecule has 0 aliphatic rings. The van der Waals surface area contributed by atoms with Crippen LogP contribution in [0, 0.1) is 12.8 Å². The van der Waals surface area contributed by atoms with E-state index in [2.05, 4.69) is 21.9 Å². The summed E-state index contributed by atoms with van der Waals surface area (Å²) >= 11 is 0. The summed E-state index contributed by atoms with van der Waals surface area (Å²) in [6.07, 6.45) is 4.46. The zero-order chi connectivity index (χ0) is 12.3. The number of nitrogens with two attached hydrogens (primary N) is 1. The van der Waals surface area contributed by atoms with Crippen molar-refractivity contribution in [2.24, 2.45) is 11.7 Å². The molecule has 2 aromatic rings. The summed E-state index contributed by atoms with van der Waals surface area (Å²) in [5, 5.41) is 0. The third kappa shape index (κ3) is 2.71. The molecule has 0 aliphatic carbocycles. The van der Waals surface area contributed by atoms with Gasteiger partial charge in [0.05, 0.1) is 5.69 Å². The maximum Gasteiger partial charge on any atom is 0.107 e. The van der Waals surface area contributed by atoms with Crippen molar-refractivity contribution in [1.82, 2.24) is 15.0 Å². The molecule has 4 nitrogen and oxygen atoms in total. The highest BCUT2D eigenvalue weighted by Crippen LogP contribution is 2.20. The van der Waals surface area contributed by atoms with Gasteiger partial charge in [-0.25, -0.2) is 4.98 Å². The highest BCUT2D eigenvalue weighted by Gasteiger charge is 2.10. The zero-order valence-electron chi connectivity index (χ0n) is 10.3. The molecule has 2 heterocycles. The molecule has 0 bridgehead atoms. The minimum Gasteiger partial charge on any atom is -0.346 e. The molecule has 0 saturated heterocycles. The molecule has 0 spiro atoms. The van der Waals surface area contributed by atoms with E-state index in [4.69, 9.17) is 5.73 Å². The molecule has 17 heavy (non-hydrogen) atoms. The van der Waals surface area contributed by atoms with Crippen LogP contribution in [0.1, 0.15) is 18.4 Å². The number of nitrogens with zero attached hydrogens (tertiary/aromatic N) is 2. The minimum atomic E-state index is 0.450. The molecule has 0 amide bonds. The Hall–Kier alpha value is -1.68. The monoisotopic (exact) mass is 230 g/mol. The van der Waals surface area contributed by atoms with Crippen molar-refractivity contribution in [3.05, 3.63) is 36.0 Å². The van der Waals surface area contributed by atoms with E-state index in [1.165, 1.54) is 0 Å². The summed E-state index contributed by atoms with van der Waals surface area (Å²) in [5.41, 5.74) is 8.82. The molecule has 0 radical (unpaired) electrons. The molecule has 2 rings (SSSR count). The molecule has 2 aromatic heterocycles. The first kappa shape index (κ1) is 11.8. The Labute approximate surface area is 101 Å². The van der Waals surface area contributed by atoms with Gasteiger partial charge in [-0.05, 0) is 31.5 Å². The van der Waals surface area contributed by atoms with Crippen molar-refractivity contribution < 1.29 is 0 Å². The molecular weight excluding hydrogens is 212 g/mol. The van der Waals surface area contributed by atoms with E-state index < -0.39 is 0 Å². The molecule has 0 aromatic carbocycles. The standard InChI is InChI=1S/C13H18N4/c1-9(8-14)7-12-16-10(2)13(17-12)11-3-5-15-6-4-11/h3-6,9H,7-8,14H2,1-2H3,(H,16,17). The van der Waals surface area contributed by atoms with Gasteiger partial charge in [0.25, 0.3) is 0 Å². The number of pyridine rings is 1. The zero-order valence-corrected chi connectivity index (χ0v) is 10.3. The lowest BCUT2D eigenvalue weighted by molar-refractivity contribution is 0.577. The second-order valence-electron chi connectivity index (χ2n) is 4.44. The van der Waals surface area contributed by atoms with Crippen LogP contribution in [-0.2, 0) is 6.42 Å². The SMILES string of the molecule is Cc1[nH]c(CC(C)CN)nc1-c1ccncc1. The van der Waals surface area contributed by atoms with Crippen LogP contribution in [0.15, 0.2) is 24.5 Å². The maximum absolute atomic E-state index is 5.63. The smallest absolute Gasteiger partial charge is 0.107 e. The number of aryl methyl sites for hydroxylation is 1. The summed E-state index contributed by atoms with van der Waals surface area (Å²) in [7, 11) is 0. The van der Waals surface area contributed by atoms with Crippen molar-refractivity contribution in [3.8, 4) is 11.3 Å². The van der Waals surface area contributed by atoms with Gasteiger partial charge in [0, 0.05) is 30.1 Å². The van der Waals surface area contributed by atoms with E-state index in [0.29, 0.717) is 12.5 Å². The van der Waals surface area contributed by atoms with Crippen molar-refractivity contribution in [2.75, 3.05) is 6.54 Å². The fourth-order valence-electron chi connectivity index (χ4n) is 1.82. The molecule has 0 aliphatic heterocycles. The first-order chi connectivity index (χ1) is 8.20. The van der Waals surface area contributed by atoms with Gasteiger partial charge >= 0.3 is 0 Å². The summed E-state index contributed by atoms with van der Waals surface area (Å²) in [4.78, 5) is 12.0. The molecule has 1 unspecified atom stereocenters. The van der Waals surface area contributed by atoms with Crippen LogP contribution in [0.5, 0.6) is 0 Å². The lowest BCUT2D eigenvalue weighted by Gasteiger charge is -2.04. The lowest BCUT2D eigenvalue weighted by atomic mass is 10.1. The number of imidazole rings is 1. The van der Waals surface area contributed by atoms with Gasteiger partial charge in [-0.3, -0.25) is 4.98 Å². The van der Waals surface area contributed by atoms with Gasteiger partial charge in [0.1, 0.15) is 5.82 Å². The Morgan fingerprint density at radius 2 is 2.06 bits per heavy atom. The number of hydrogen-bond donors (Lipinski definition) is 2. The largest absolute Gasteiger partial charge is 0.346 e. The van der Waals surface area contributed by atoms with Crippen LogP contribution in [0.3, 0.4) is 0 Å². The molecule has 0 saturated carbocycles. The highest BCUT2D eigenvalue weighted by atomic mass is 14.9. The van der Waals surface area contributed by atoms with Crippen LogP contribution < -0.4 is 5.73 Å². The summed E-state index contributed by atoms with van der Waals surface area (Å²) in [6, 6.07) is 3.94. The summed E-state index contributed by atoms with van der Waals surface area (Å²) < 4.78 is 0. The average Bonchev–Trinajstić information content (AvgIpc) is 2.71. The second kappa shape index (κ2) is 5.10. The molecule has 1 atom stereocenters. The van der Waals surface area contributed by atoms with Gasteiger partial charge in [-0.2, -0.15) is 0 Å². The molecule has 4 heteroatoms. The van der Waals surface area contributed by atoms with Gasteiger partial charge < -0.3 is 10.7 Å². The number of nitrogens with one attached hydrogen (secondary N) is 1. The molecule has 0 fully saturated rings. The predicted molar refractivity (Wildman–Crippen MR) is 68.5 cm³/mol. The topological polar surface area (TPSA) is 67.6 Å². The van der Waals surface area contributed by atoms with Crippen LogP contribution in [-0.4, -0.2) is 21.5 Å². The maximum atomic E-state index is 5.63. The van der Waals surface area contributed by atoms with E-state index in [0.717, 1.165) is 29.2 Å². The van der Waals surface area contributed by atoms with E-state index in [1.807, 2.05) is 19.1 Å². The Bertz CT molecular complexity index is 475. The van der Waals surface area contributed by atoms with Crippen LogP contribution in [0.2, 0.25) is 0 Å². The van der Waals surface area contributed by atoms with Gasteiger partial charge in [-0.1, -0.05) is 6.92 Å². The van der Waals surface area contributed by atoms with Crippen molar-refractivity contribution in [1.29, 1.82) is 0 Å². The summed E-state index contributed by atoms with van der Waals surface area (Å²) in [6.45, 7) is 4.85. The van der Waals surface area contributed by atoms with E-state index in [-0.39, 0.29) is 0 Å². The van der Waals surface area contributed by atoms with Gasteiger partial charge in [0.15, 0.2) is 0 Å². The van der Waals surface area contributed by atoms with Crippen molar-refractivity contribution in [3.63, 3.8) is 0 Å². The average molecular weight is 230 g/mol. The van der Waals surface area contributed by atoms with E-state index >= 15 is 0 Å². The molecule has 3 N–H and O–H groups in total. The normalized spacial score (nSPS) is 12.6. The van der Waals surface area contributed by atoms with Crippen molar-refractivity contribution in [2.45, 2.75) is 20.3 Å². The molecule has 90 valence electrons. The first-order valence-corrected chi connectivity index (χ1v) is 5.86. The Balaban J connectivity index is 2.25. The third-order valence-electron chi connectivity index (χ3n) is 2.83. The van der Waals surface area contributed by atoms with Crippen molar-refractivity contribution >= 4 is 0 Å². The number of H-pyrrole nitrogens is 1. The third-order valence-corrected chi connectivity index (χ3v) is 2.83. The summed E-state index contributed by atoms with van der Waals surface area (Å²) in [5.74, 6) is 1.46. The minimum absolute atomic E-state index is 0.450. The number of hydrogen-bond acceptors (Lipinski definition) is 3. The Morgan fingerprint density at radius 1 is 1.35 bits per heavy atom. The molecular formula is C13H18N4. The Morgan fingerprint density at radius 3 is 2.71 bits per heavy atom. The van der Waals surface area contributed by atoms with Crippen LogP contribution >= 0.6 is 0 Å². The van der Waals surface area contributed by atoms with Gasteiger partial charge in [-0.15, -0.1) is 0 Å². The van der Waals surface area contributed by atoms with Gasteiger partial charge in [0.2, 0.25) is 0 Å². The second-order valence-corrected chi connectivity index (χ2v) is 4.44. The Kier molecular flexibility index (Phi) is 3.54. The van der Waals surface area contributed by atoms with E-state index in [1.54, 1.807) is 12.4 Å². The quantitative estimate of drug-likeness (QED) is 0.843. The highest BCUT2D eigenvalue weighted by molar-refractivity contribution is 5.61. The number of rotatable bonds is 4. The number of aromatic nitrogens is 3. The first-order valence-electron chi connectivity index (χ1n) is 5.86. The lowest BCUT2D eigenvalue weighted by Crippen LogP contribution is -2.13. The van der Waals surface area contributed by atoms with Crippen LogP contribution in [0.4, 0.5) is 0 Å². The van der Waals surface area contributed by atoms with E-state index in [9.17, 15) is 0 Å². The fraction of sp³-hybridized carbons (Fsp3) is 0.385. The fourth-order valence-corrected chi connectivity index (χ4v) is 1.82. The predicted octanol–water partition coefficient (Wildman–Crippen LogP) is 1.92. The van der Waals surface area contributed by atoms with Crippen LogP contribution in [0.25, 0.3) is 11.3 Å².